The SMILES string of the molecule is CCCCCCC/C=C/CC/C=C/C(O)C(COC1OC(CO)C(OC2OC(CO)C(O)C(O)C2O)C(O)C1O)NC(=O)CCCCCCCCCCCCCCCCCCCCCCCCCCCCCCCCCCCCCCCC. The predicted octanol–water partition coefficient (Wildman–Crippen LogP) is 14.0. The molecule has 0 radical (unpaired) electrons. The van der Waals surface area contributed by atoms with E-state index in [1.165, 1.54) is 250 Å². The molecule has 12 atom stereocenters. The summed E-state index contributed by atoms with van der Waals surface area (Å²) < 4.78 is 22.8. The molecule has 2 rings (SSSR count). The Kier molecular flexibility index (Phi) is 51.0. The fraction of sp³-hybridized carbons (Fsp3) is 0.928. The largest absolute Gasteiger partial charge is 0.394 e. The van der Waals surface area contributed by atoms with Crippen LogP contribution in [0.4, 0.5) is 0 Å². The first-order valence-corrected chi connectivity index (χ1v) is 35.1. The quantitative estimate of drug-likeness (QED) is 0.0204. The highest BCUT2D eigenvalue weighted by molar-refractivity contribution is 5.76. The van der Waals surface area contributed by atoms with Crippen molar-refractivity contribution in [2.75, 3.05) is 19.8 Å². The van der Waals surface area contributed by atoms with Crippen molar-refractivity contribution < 1.29 is 64.6 Å². The first-order chi connectivity index (χ1) is 40.6. The van der Waals surface area contributed by atoms with Crippen molar-refractivity contribution in [2.24, 2.45) is 0 Å². The normalized spacial score (nSPS) is 23.9. The van der Waals surface area contributed by atoms with Gasteiger partial charge in [0, 0.05) is 6.42 Å². The summed E-state index contributed by atoms with van der Waals surface area (Å²) in [6.45, 7) is 2.78. The molecule has 14 heteroatoms. The first-order valence-electron chi connectivity index (χ1n) is 35.1. The lowest BCUT2D eigenvalue weighted by Crippen LogP contribution is -2.65. The van der Waals surface area contributed by atoms with Crippen LogP contribution < -0.4 is 5.32 Å². The zero-order chi connectivity index (χ0) is 60.2. The number of rotatable bonds is 58. The number of carbonyl (C=O) groups excluding carboxylic acids is 1. The molecule has 0 bridgehead atoms. The lowest BCUT2D eigenvalue weighted by molar-refractivity contribution is -0.359. The summed E-state index contributed by atoms with van der Waals surface area (Å²) in [5, 5.41) is 87.0. The van der Waals surface area contributed by atoms with Gasteiger partial charge < -0.3 is 65.1 Å². The van der Waals surface area contributed by atoms with Crippen LogP contribution in [0.15, 0.2) is 24.3 Å². The minimum Gasteiger partial charge on any atom is -0.394 e. The van der Waals surface area contributed by atoms with Gasteiger partial charge in [-0.1, -0.05) is 301 Å². The lowest BCUT2D eigenvalue weighted by atomic mass is 9.97. The number of hydrogen-bond acceptors (Lipinski definition) is 13. The maximum absolute atomic E-state index is 13.3. The summed E-state index contributed by atoms with van der Waals surface area (Å²) in [4.78, 5) is 13.3. The molecule has 490 valence electrons. The van der Waals surface area contributed by atoms with Gasteiger partial charge >= 0.3 is 0 Å². The molecule has 2 saturated heterocycles. The molecule has 83 heavy (non-hydrogen) atoms. The number of carbonyl (C=O) groups is 1. The van der Waals surface area contributed by atoms with Crippen molar-refractivity contribution in [2.45, 2.75) is 389 Å². The highest BCUT2D eigenvalue weighted by Gasteiger charge is 2.51. The molecule has 0 spiro atoms. The van der Waals surface area contributed by atoms with Crippen molar-refractivity contribution >= 4 is 5.91 Å². The molecule has 1 amide bonds. The lowest BCUT2D eigenvalue weighted by Gasteiger charge is -2.46. The smallest absolute Gasteiger partial charge is 0.220 e. The van der Waals surface area contributed by atoms with E-state index in [1.807, 2.05) is 6.08 Å². The van der Waals surface area contributed by atoms with Gasteiger partial charge in [-0.05, 0) is 32.1 Å². The summed E-state index contributed by atoms with van der Waals surface area (Å²) in [6.07, 6.45) is 51.5. The molecule has 0 aromatic carbocycles. The summed E-state index contributed by atoms with van der Waals surface area (Å²) >= 11 is 0. The minimum atomic E-state index is -1.79. The van der Waals surface area contributed by atoms with Crippen LogP contribution in [-0.2, 0) is 23.7 Å². The van der Waals surface area contributed by atoms with E-state index in [4.69, 9.17) is 18.9 Å². The van der Waals surface area contributed by atoms with Crippen LogP contribution in [0.1, 0.15) is 316 Å². The van der Waals surface area contributed by atoms with Gasteiger partial charge in [0.1, 0.15) is 48.8 Å². The summed E-state index contributed by atoms with van der Waals surface area (Å²) in [5.74, 6) is -0.245. The Hall–Kier alpha value is -1.53. The zero-order valence-corrected chi connectivity index (χ0v) is 53.2. The second kappa shape index (κ2) is 54.6. The molecular formula is C69H131NO13. The molecule has 2 aliphatic heterocycles. The fourth-order valence-corrected chi connectivity index (χ4v) is 11.8. The number of aliphatic hydroxyl groups excluding tert-OH is 8. The second-order valence-electron chi connectivity index (χ2n) is 25.0. The molecule has 0 saturated carbocycles. The molecule has 2 aliphatic rings. The monoisotopic (exact) mass is 1180 g/mol. The van der Waals surface area contributed by atoms with Gasteiger partial charge in [-0.3, -0.25) is 4.79 Å². The van der Waals surface area contributed by atoms with E-state index < -0.39 is 86.8 Å². The molecule has 2 heterocycles. The Labute approximate surface area is 507 Å². The van der Waals surface area contributed by atoms with E-state index >= 15 is 0 Å². The second-order valence-corrected chi connectivity index (χ2v) is 25.0. The van der Waals surface area contributed by atoms with Crippen LogP contribution in [0, 0.1) is 0 Å². The highest BCUT2D eigenvalue weighted by Crippen LogP contribution is 2.30. The predicted molar refractivity (Wildman–Crippen MR) is 337 cm³/mol. The van der Waals surface area contributed by atoms with Crippen LogP contribution in [0.3, 0.4) is 0 Å². The average molecular weight is 1180 g/mol. The molecule has 12 unspecified atom stereocenters. The van der Waals surface area contributed by atoms with Crippen molar-refractivity contribution in [1.82, 2.24) is 5.32 Å². The van der Waals surface area contributed by atoms with Gasteiger partial charge in [-0.2, -0.15) is 0 Å². The number of unbranched alkanes of at least 4 members (excludes halogenated alkanes) is 43. The van der Waals surface area contributed by atoms with E-state index in [0.29, 0.717) is 12.8 Å². The summed E-state index contributed by atoms with van der Waals surface area (Å²) in [5.41, 5.74) is 0. The average Bonchev–Trinajstić information content (AvgIpc) is 3.68. The van der Waals surface area contributed by atoms with Crippen molar-refractivity contribution in [1.29, 1.82) is 0 Å². The summed E-state index contributed by atoms with van der Waals surface area (Å²) in [6, 6.07) is -0.927. The van der Waals surface area contributed by atoms with E-state index in [2.05, 4.69) is 31.3 Å². The summed E-state index contributed by atoms with van der Waals surface area (Å²) in [7, 11) is 0. The molecule has 14 nitrogen and oxygen atoms in total. The van der Waals surface area contributed by atoms with E-state index in [9.17, 15) is 45.6 Å². The van der Waals surface area contributed by atoms with Crippen molar-refractivity contribution in [3.63, 3.8) is 0 Å². The van der Waals surface area contributed by atoms with Gasteiger partial charge in [0.05, 0.1) is 32.0 Å². The number of ether oxygens (including phenoxy) is 4. The zero-order valence-electron chi connectivity index (χ0n) is 53.2. The Morgan fingerprint density at radius 3 is 1.18 bits per heavy atom. The molecule has 0 aromatic rings. The Morgan fingerprint density at radius 1 is 0.422 bits per heavy atom. The molecule has 0 aliphatic carbocycles. The Morgan fingerprint density at radius 2 is 0.771 bits per heavy atom. The maximum atomic E-state index is 13.3. The number of allylic oxidation sites excluding steroid dienone is 3. The number of nitrogens with one attached hydrogen (secondary N) is 1. The Balaban J connectivity index is 1.53. The highest BCUT2D eigenvalue weighted by atomic mass is 16.7. The number of hydrogen-bond donors (Lipinski definition) is 9. The number of amides is 1. The fourth-order valence-electron chi connectivity index (χ4n) is 11.8. The van der Waals surface area contributed by atoms with Crippen LogP contribution in [0.25, 0.3) is 0 Å². The Bertz CT molecular complexity index is 1490. The molecular weight excluding hydrogens is 1050 g/mol. The van der Waals surface area contributed by atoms with Gasteiger partial charge in [-0.15, -0.1) is 0 Å². The third kappa shape index (κ3) is 39.2. The van der Waals surface area contributed by atoms with Crippen LogP contribution in [0.5, 0.6) is 0 Å². The third-order valence-corrected chi connectivity index (χ3v) is 17.4. The topological polar surface area (TPSA) is 228 Å². The standard InChI is InChI=1S/C69H131NO13/c1-3-5-7-9-11-13-15-16-17-18-19-20-21-22-23-24-25-26-27-28-29-30-31-32-33-34-35-36-37-38-39-40-41-43-45-47-49-51-53-61(74)70-57(58(73)52-50-48-46-44-42-14-12-10-8-6-4-2)56-80-68-66(79)64(77)67(60(55-72)82-68)83-69-65(78)63(76)62(75)59(54-71)81-69/h42,44,50,52,57-60,62-69,71-73,75-79H,3-41,43,45-49,51,53-56H2,1-2H3,(H,70,74)/b44-42+,52-50+. The van der Waals surface area contributed by atoms with Gasteiger partial charge in [0.25, 0.3) is 0 Å². The van der Waals surface area contributed by atoms with Gasteiger partial charge in [0.15, 0.2) is 12.6 Å². The van der Waals surface area contributed by atoms with Gasteiger partial charge in [-0.25, -0.2) is 0 Å². The van der Waals surface area contributed by atoms with Crippen molar-refractivity contribution in [3.8, 4) is 0 Å². The van der Waals surface area contributed by atoms with Gasteiger partial charge in [0.2, 0.25) is 5.91 Å². The molecule has 2 fully saturated rings. The first kappa shape index (κ1) is 77.6. The van der Waals surface area contributed by atoms with Crippen molar-refractivity contribution in [3.05, 3.63) is 24.3 Å². The molecule has 0 aromatic heterocycles. The van der Waals surface area contributed by atoms with E-state index in [-0.39, 0.29) is 18.9 Å². The van der Waals surface area contributed by atoms with Crippen LogP contribution >= 0.6 is 0 Å². The van der Waals surface area contributed by atoms with E-state index in [0.717, 1.165) is 32.1 Å². The van der Waals surface area contributed by atoms with Crippen LogP contribution in [-0.4, -0.2) is 140 Å². The molecule has 9 N–H and O–H groups in total. The van der Waals surface area contributed by atoms with Crippen LogP contribution in [0.2, 0.25) is 0 Å². The minimum absolute atomic E-state index is 0.245. The third-order valence-electron chi connectivity index (χ3n) is 17.4. The maximum Gasteiger partial charge on any atom is 0.220 e. The van der Waals surface area contributed by atoms with E-state index in [1.54, 1.807) is 6.08 Å². The number of aliphatic hydroxyl groups is 8.